The largest absolute Gasteiger partial charge is 0.493 e. The van der Waals surface area contributed by atoms with Crippen molar-refractivity contribution in [3.05, 3.63) is 59.9 Å². The molecular weight excluding hydrogens is 342 g/mol. The van der Waals surface area contributed by atoms with E-state index in [9.17, 15) is 4.79 Å². The fourth-order valence-corrected chi connectivity index (χ4v) is 3.38. The van der Waals surface area contributed by atoms with Gasteiger partial charge in [-0.2, -0.15) is 0 Å². The van der Waals surface area contributed by atoms with E-state index in [0.717, 1.165) is 29.0 Å². The minimum absolute atomic E-state index is 0.0249. The van der Waals surface area contributed by atoms with E-state index in [1.165, 1.54) is 0 Å². The van der Waals surface area contributed by atoms with E-state index in [1.807, 2.05) is 41.3 Å². The molecule has 1 aromatic heterocycles. The molecule has 27 heavy (non-hydrogen) atoms. The van der Waals surface area contributed by atoms with E-state index in [1.54, 1.807) is 26.4 Å². The molecule has 6 heteroatoms. The summed E-state index contributed by atoms with van der Waals surface area (Å²) < 4.78 is 12.7. The zero-order chi connectivity index (χ0) is 18.8. The number of rotatable bonds is 4. The van der Waals surface area contributed by atoms with Crippen LogP contribution in [0.15, 0.2) is 48.5 Å². The molecule has 0 bridgehead atoms. The number of carbonyl (C=O) groups excluding carboxylic acids is 1. The van der Waals surface area contributed by atoms with Crippen LogP contribution >= 0.6 is 0 Å². The lowest BCUT2D eigenvalue weighted by Crippen LogP contribution is -2.37. The van der Waals surface area contributed by atoms with Crippen LogP contribution in [-0.4, -0.2) is 41.1 Å². The van der Waals surface area contributed by atoms with Gasteiger partial charge >= 0.3 is 0 Å². The molecule has 0 N–H and O–H groups in total. The van der Waals surface area contributed by atoms with Gasteiger partial charge in [-0.1, -0.05) is 18.2 Å². The third-order valence-corrected chi connectivity index (χ3v) is 4.80. The first-order valence-electron chi connectivity index (χ1n) is 8.83. The van der Waals surface area contributed by atoms with Crippen LogP contribution in [0.2, 0.25) is 0 Å². The van der Waals surface area contributed by atoms with E-state index in [-0.39, 0.29) is 5.91 Å². The second-order valence-electron chi connectivity index (χ2n) is 6.38. The van der Waals surface area contributed by atoms with Gasteiger partial charge in [0.2, 0.25) is 5.91 Å². The van der Waals surface area contributed by atoms with Gasteiger partial charge in [0.25, 0.3) is 0 Å². The van der Waals surface area contributed by atoms with Crippen molar-refractivity contribution in [2.75, 3.05) is 20.8 Å². The molecule has 0 saturated heterocycles. The van der Waals surface area contributed by atoms with Crippen molar-refractivity contribution in [3.8, 4) is 11.5 Å². The predicted octanol–water partition coefficient (Wildman–Crippen LogP) is 3.11. The second kappa shape index (κ2) is 7.15. The first-order valence-corrected chi connectivity index (χ1v) is 8.83. The third kappa shape index (κ3) is 3.26. The van der Waals surface area contributed by atoms with Gasteiger partial charge in [0, 0.05) is 19.2 Å². The molecule has 0 unspecified atom stereocenters. The number of hydrogen-bond acceptors (Lipinski definition) is 4. The summed E-state index contributed by atoms with van der Waals surface area (Å²) >= 11 is 0. The van der Waals surface area contributed by atoms with Crippen LogP contribution in [0, 0.1) is 0 Å². The van der Waals surface area contributed by atoms with Crippen molar-refractivity contribution in [1.82, 2.24) is 14.5 Å². The molecule has 0 aliphatic carbocycles. The van der Waals surface area contributed by atoms with Gasteiger partial charge in [-0.15, -0.1) is 0 Å². The summed E-state index contributed by atoms with van der Waals surface area (Å²) in [5.41, 5.74) is 2.98. The van der Waals surface area contributed by atoms with E-state index in [4.69, 9.17) is 9.47 Å². The maximum Gasteiger partial charge on any atom is 0.247 e. The molecule has 0 atom stereocenters. The number of hydrogen-bond donors (Lipinski definition) is 0. The lowest BCUT2D eigenvalue weighted by atomic mass is 10.2. The average molecular weight is 363 g/mol. The highest BCUT2D eigenvalue weighted by Gasteiger charge is 2.22. The predicted molar refractivity (Wildman–Crippen MR) is 104 cm³/mol. The summed E-state index contributed by atoms with van der Waals surface area (Å²) in [6.45, 7) is 1.94. The van der Waals surface area contributed by atoms with Crippen LogP contribution in [0.5, 0.6) is 11.5 Å². The number of para-hydroxylation sites is 2. The van der Waals surface area contributed by atoms with Crippen molar-refractivity contribution < 1.29 is 14.3 Å². The lowest BCUT2D eigenvalue weighted by molar-refractivity contribution is -0.127. The Labute approximate surface area is 157 Å². The maximum absolute atomic E-state index is 12.6. The molecule has 4 rings (SSSR count). The molecule has 0 saturated carbocycles. The van der Waals surface area contributed by atoms with Gasteiger partial charge in [0.05, 0.1) is 31.8 Å². The molecule has 0 fully saturated rings. The van der Waals surface area contributed by atoms with Crippen molar-refractivity contribution in [3.63, 3.8) is 0 Å². The van der Waals surface area contributed by atoms with Crippen LogP contribution in [0.25, 0.3) is 17.1 Å². The molecule has 1 amide bonds. The third-order valence-electron chi connectivity index (χ3n) is 4.80. The standard InChI is InChI=1S/C21H21N3O3/c1-26-18-9-7-15(13-19(18)27-2)8-10-21(25)23-11-12-24-17-6-4-3-5-16(17)22-20(24)14-23/h3-10,13H,11-12,14H2,1-2H3/b10-8+. The number of aromatic nitrogens is 2. The molecule has 2 aromatic carbocycles. The van der Waals surface area contributed by atoms with Gasteiger partial charge in [-0.05, 0) is 35.9 Å². The van der Waals surface area contributed by atoms with E-state index in [0.29, 0.717) is 24.6 Å². The van der Waals surface area contributed by atoms with Crippen molar-refractivity contribution in [1.29, 1.82) is 0 Å². The molecule has 0 radical (unpaired) electrons. The lowest BCUT2D eigenvalue weighted by Gasteiger charge is -2.27. The smallest absolute Gasteiger partial charge is 0.247 e. The van der Waals surface area contributed by atoms with E-state index < -0.39 is 0 Å². The van der Waals surface area contributed by atoms with Gasteiger partial charge < -0.3 is 18.9 Å². The number of methoxy groups -OCH3 is 2. The van der Waals surface area contributed by atoms with Gasteiger partial charge in [0.15, 0.2) is 11.5 Å². The monoisotopic (exact) mass is 363 g/mol. The van der Waals surface area contributed by atoms with Crippen molar-refractivity contribution in [2.45, 2.75) is 13.1 Å². The Morgan fingerprint density at radius 1 is 1.07 bits per heavy atom. The fraction of sp³-hybridized carbons (Fsp3) is 0.238. The number of imidazole rings is 1. The average Bonchev–Trinajstić information content (AvgIpc) is 3.09. The van der Waals surface area contributed by atoms with E-state index in [2.05, 4.69) is 15.6 Å². The minimum Gasteiger partial charge on any atom is -0.493 e. The number of benzene rings is 2. The molecule has 138 valence electrons. The topological polar surface area (TPSA) is 56.6 Å². The van der Waals surface area contributed by atoms with Crippen molar-refractivity contribution >= 4 is 23.0 Å². The summed E-state index contributed by atoms with van der Waals surface area (Å²) in [6, 6.07) is 13.6. The second-order valence-corrected chi connectivity index (χ2v) is 6.38. The summed E-state index contributed by atoms with van der Waals surface area (Å²) in [5, 5.41) is 0. The Morgan fingerprint density at radius 3 is 2.70 bits per heavy atom. The zero-order valence-corrected chi connectivity index (χ0v) is 15.4. The summed E-state index contributed by atoms with van der Waals surface area (Å²) in [7, 11) is 3.19. The molecule has 6 nitrogen and oxygen atoms in total. The maximum atomic E-state index is 12.6. The van der Waals surface area contributed by atoms with Gasteiger partial charge in [-0.3, -0.25) is 4.79 Å². The highest BCUT2D eigenvalue weighted by molar-refractivity contribution is 5.92. The number of carbonyl (C=O) groups is 1. The van der Waals surface area contributed by atoms with Crippen LogP contribution in [0.1, 0.15) is 11.4 Å². The highest BCUT2D eigenvalue weighted by atomic mass is 16.5. The Hall–Kier alpha value is -3.28. The highest BCUT2D eigenvalue weighted by Crippen LogP contribution is 2.28. The Kier molecular flexibility index (Phi) is 4.54. The summed E-state index contributed by atoms with van der Waals surface area (Å²) in [5.74, 6) is 2.20. The fourth-order valence-electron chi connectivity index (χ4n) is 3.38. The van der Waals surface area contributed by atoms with Crippen molar-refractivity contribution in [2.24, 2.45) is 0 Å². The van der Waals surface area contributed by atoms with Crippen LogP contribution in [0.3, 0.4) is 0 Å². The summed E-state index contributed by atoms with van der Waals surface area (Å²) in [6.07, 6.45) is 3.39. The van der Waals surface area contributed by atoms with Gasteiger partial charge in [0.1, 0.15) is 5.82 Å². The quantitative estimate of drug-likeness (QED) is 0.669. The molecule has 1 aliphatic heterocycles. The molecule has 2 heterocycles. The van der Waals surface area contributed by atoms with Crippen LogP contribution in [-0.2, 0) is 17.9 Å². The van der Waals surface area contributed by atoms with Crippen LogP contribution in [0.4, 0.5) is 0 Å². The normalized spacial score (nSPS) is 13.8. The summed E-state index contributed by atoms with van der Waals surface area (Å²) in [4.78, 5) is 19.1. The number of fused-ring (bicyclic) bond motifs is 3. The SMILES string of the molecule is COc1ccc(/C=C/C(=O)N2CCn3c(nc4ccccc43)C2)cc1OC. The molecule has 0 spiro atoms. The van der Waals surface area contributed by atoms with Crippen LogP contribution < -0.4 is 9.47 Å². The number of ether oxygens (including phenoxy) is 2. The first-order chi connectivity index (χ1) is 13.2. The minimum atomic E-state index is -0.0249. The molecular formula is C21H21N3O3. The Balaban J connectivity index is 1.50. The Morgan fingerprint density at radius 2 is 1.89 bits per heavy atom. The Bertz CT molecular complexity index is 1020. The number of amides is 1. The first kappa shape index (κ1) is 17.1. The van der Waals surface area contributed by atoms with Gasteiger partial charge in [-0.25, -0.2) is 4.98 Å². The van der Waals surface area contributed by atoms with E-state index >= 15 is 0 Å². The molecule has 3 aromatic rings. The molecule has 1 aliphatic rings. The zero-order valence-electron chi connectivity index (χ0n) is 15.4. The number of nitrogens with zero attached hydrogens (tertiary/aromatic N) is 3.